The van der Waals surface area contributed by atoms with Crippen molar-refractivity contribution in [3.63, 3.8) is 0 Å². The highest BCUT2D eigenvalue weighted by atomic mass is 16.3. The van der Waals surface area contributed by atoms with Crippen molar-refractivity contribution in [2.45, 2.75) is 66.9 Å². The van der Waals surface area contributed by atoms with Crippen LogP contribution in [0.4, 0.5) is 0 Å². The quantitative estimate of drug-likeness (QED) is 0.714. The lowest BCUT2D eigenvalue weighted by atomic mass is 9.84. The zero-order valence-electron chi connectivity index (χ0n) is 10.8. The maximum Gasteiger partial charge on any atom is 0.0588 e. The molecule has 0 fully saturated rings. The van der Waals surface area contributed by atoms with Gasteiger partial charge in [0.05, 0.1) is 6.10 Å². The summed E-state index contributed by atoms with van der Waals surface area (Å²) in [5, 5.41) is 9.87. The Balaban J connectivity index is 3.72. The normalized spacial score (nSPS) is 17.1. The first-order chi connectivity index (χ1) is 6.23. The molecule has 86 valence electrons. The maximum atomic E-state index is 9.87. The highest BCUT2D eigenvalue weighted by Gasteiger charge is 2.22. The molecule has 0 aliphatic carbocycles. The van der Waals surface area contributed by atoms with E-state index in [0.717, 1.165) is 24.7 Å². The summed E-state index contributed by atoms with van der Waals surface area (Å²) < 4.78 is 0. The number of aliphatic hydroxyl groups excluding tert-OH is 1. The lowest BCUT2D eigenvalue weighted by molar-refractivity contribution is 0.0497. The van der Waals surface area contributed by atoms with E-state index in [1.807, 2.05) is 0 Å². The summed E-state index contributed by atoms with van der Waals surface area (Å²) in [5.74, 6) is 1.52. The van der Waals surface area contributed by atoms with Crippen LogP contribution in [0.3, 0.4) is 0 Å². The zero-order valence-corrected chi connectivity index (χ0v) is 10.8. The van der Waals surface area contributed by atoms with Crippen LogP contribution in [0.25, 0.3) is 0 Å². The third-order valence-electron chi connectivity index (χ3n) is 2.81. The average Bonchev–Trinajstić information content (AvgIpc) is 1.96. The molecule has 0 bridgehead atoms. The van der Waals surface area contributed by atoms with Gasteiger partial charge in [0, 0.05) is 0 Å². The fourth-order valence-electron chi connectivity index (χ4n) is 1.80. The molecular weight excluding hydrogens is 172 g/mol. The molecule has 14 heavy (non-hydrogen) atoms. The van der Waals surface area contributed by atoms with Gasteiger partial charge in [0.1, 0.15) is 0 Å². The number of aliphatic hydroxyl groups is 1. The van der Waals surface area contributed by atoms with Gasteiger partial charge in [0.15, 0.2) is 0 Å². The zero-order chi connectivity index (χ0) is 11.4. The number of hydrogen-bond acceptors (Lipinski definition) is 1. The minimum Gasteiger partial charge on any atom is -0.393 e. The van der Waals surface area contributed by atoms with Crippen LogP contribution < -0.4 is 0 Å². The van der Waals surface area contributed by atoms with Gasteiger partial charge in [0.2, 0.25) is 0 Å². The molecule has 0 saturated carbocycles. The highest BCUT2D eigenvalue weighted by molar-refractivity contribution is 4.73. The summed E-state index contributed by atoms with van der Waals surface area (Å²) in [5.41, 5.74) is 0.0392. The van der Waals surface area contributed by atoms with Crippen LogP contribution >= 0.6 is 0 Å². The van der Waals surface area contributed by atoms with Crippen molar-refractivity contribution in [1.82, 2.24) is 0 Å². The van der Waals surface area contributed by atoms with E-state index in [4.69, 9.17) is 0 Å². The van der Waals surface area contributed by atoms with Crippen molar-refractivity contribution in [2.75, 3.05) is 0 Å². The van der Waals surface area contributed by atoms with Gasteiger partial charge in [-0.3, -0.25) is 0 Å². The van der Waals surface area contributed by atoms with E-state index in [-0.39, 0.29) is 11.5 Å². The van der Waals surface area contributed by atoms with Crippen LogP contribution in [0, 0.1) is 17.3 Å². The van der Waals surface area contributed by atoms with Crippen LogP contribution in [-0.2, 0) is 0 Å². The molecule has 2 unspecified atom stereocenters. The van der Waals surface area contributed by atoms with Crippen molar-refractivity contribution in [3.8, 4) is 0 Å². The van der Waals surface area contributed by atoms with Gasteiger partial charge in [-0.25, -0.2) is 0 Å². The average molecular weight is 200 g/mol. The molecule has 0 spiro atoms. The van der Waals surface area contributed by atoms with Gasteiger partial charge in [-0.15, -0.1) is 0 Å². The lowest BCUT2D eigenvalue weighted by Crippen LogP contribution is -2.26. The van der Waals surface area contributed by atoms with Crippen molar-refractivity contribution in [3.05, 3.63) is 0 Å². The molecule has 0 aromatic carbocycles. The molecule has 0 heterocycles. The minimum absolute atomic E-state index is 0.0392. The fraction of sp³-hybridized carbons (Fsp3) is 1.00. The third-order valence-corrected chi connectivity index (χ3v) is 2.81. The molecule has 1 N–H and O–H groups in total. The van der Waals surface area contributed by atoms with Gasteiger partial charge < -0.3 is 5.11 Å². The fourth-order valence-corrected chi connectivity index (χ4v) is 1.80. The summed E-state index contributed by atoms with van der Waals surface area (Å²) in [6.07, 6.45) is 3.21. The summed E-state index contributed by atoms with van der Waals surface area (Å²) in [7, 11) is 0. The molecule has 0 saturated heterocycles. The Hall–Kier alpha value is -0.0400. The molecule has 0 radical (unpaired) electrons. The van der Waals surface area contributed by atoms with Crippen LogP contribution in [-0.4, -0.2) is 11.2 Å². The van der Waals surface area contributed by atoms with E-state index in [1.54, 1.807) is 0 Å². The van der Waals surface area contributed by atoms with E-state index >= 15 is 0 Å². The van der Waals surface area contributed by atoms with Crippen LogP contribution in [0.15, 0.2) is 0 Å². The molecule has 0 aliphatic heterocycles. The predicted octanol–water partition coefficient (Wildman–Crippen LogP) is 3.86. The Morgan fingerprint density at radius 3 is 1.86 bits per heavy atom. The number of rotatable bonds is 5. The summed E-state index contributed by atoms with van der Waals surface area (Å²) in [4.78, 5) is 0. The molecular formula is C13H28O. The third kappa shape index (κ3) is 6.42. The van der Waals surface area contributed by atoms with Gasteiger partial charge in [-0.05, 0) is 36.5 Å². The second-order valence-corrected chi connectivity index (χ2v) is 6.19. The standard InChI is InChI=1S/C13H28O/c1-10(2)9-11(3)7-8-12(14)13(4,5)6/h10-12,14H,7-9H2,1-6H3. The van der Waals surface area contributed by atoms with E-state index in [2.05, 4.69) is 41.5 Å². The molecule has 0 rings (SSSR count). The van der Waals surface area contributed by atoms with Crippen LogP contribution in [0.5, 0.6) is 0 Å². The van der Waals surface area contributed by atoms with E-state index < -0.39 is 0 Å². The summed E-state index contributed by atoms with van der Waals surface area (Å²) >= 11 is 0. The van der Waals surface area contributed by atoms with Crippen LogP contribution in [0.1, 0.15) is 60.8 Å². The highest BCUT2D eigenvalue weighted by Crippen LogP contribution is 2.25. The van der Waals surface area contributed by atoms with E-state index in [0.29, 0.717) is 0 Å². The van der Waals surface area contributed by atoms with Crippen molar-refractivity contribution < 1.29 is 5.11 Å². The largest absolute Gasteiger partial charge is 0.393 e. The van der Waals surface area contributed by atoms with Crippen LogP contribution in [0.2, 0.25) is 0 Å². The molecule has 0 aliphatic rings. The van der Waals surface area contributed by atoms with Crippen molar-refractivity contribution in [2.24, 2.45) is 17.3 Å². The molecule has 1 heteroatoms. The van der Waals surface area contributed by atoms with Gasteiger partial charge in [-0.1, -0.05) is 41.5 Å². The first-order valence-electron chi connectivity index (χ1n) is 5.91. The number of hydrogen-bond donors (Lipinski definition) is 1. The molecule has 2 atom stereocenters. The van der Waals surface area contributed by atoms with Crippen molar-refractivity contribution in [1.29, 1.82) is 0 Å². The van der Waals surface area contributed by atoms with Gasteiger partial charge in [-0.2, -0.15) is 0 Å². The Labute approximate surface area is 89.9 Å². The Kier molecular flexibility index (Phi) is 5.73. The predicted molar refractivity (Wildman–Crippen MR) is 63.3 cm³/mol. The summed E-state index contributed by atoms with van der Waals surface area (Å²) in [6, 6.07) is 0. The molecule has 1 nitrogen and oxygen atoms in total. The Morgan fingerprint density at radius 2 is 1.50 bits per heavy atom. The SMILES string of the molecule is CC(C)CC(C)CCC(O)C(C)(C)C. The molecule has 0 aromatic rings. The van der Waals surface area contributed by atoms with E-state index in [1.165, 1.54) is 6.42 Å². The first-order valence-corrected chi connectivity index (χ1v) is 5.91. The maximum absolute atomic E-state index is 9.87. The Morgan fingerprint density at radius 1 is 1.00 bits per heavy atom. The van der Waals surface area contributed by atoms with Gasteiger partial charge >= 0.3 is 0 Å². The topological polar surface area (TPSA) is 20.2 Å². The monoisotopic (exact) mass is 200 g/mol. The second-order valence-electron chi connectivity index (χ2n) is 6.19. The molecule has 0 amide bonds. The van der Waals surface area contributed by atoms with E-state index in [9.17, 15) is 5.11 Å². The minimum atomic E-state index is -0.155. The van der Waals surface area contributed by atoms with Crippen molar-refractivity contribution >= 4 is 0 Å². The lowest BCUT2D eigenvalue weighted by Gasteiger charge is -2.27. The first kappa shape index (κ1) is 14.0. The second kappa shape index (κ2) is 5.75. The Bertz CT molecular complexity index is 144. The smallest absolute Gasteiger partial charge is 0.0588 e. The van der Waals surface area contributed by atoms with Gasteiger partial charge in [0.25, 0.3) is 0 Å². The summed E-state index contributed by atoms with van der Waals surface area (Å²) in [6.45, 7) is 13.1. The molecule has 0 aromatic heterocycles.